The third kappa shape index (κ3) is 7.17. The number of hydrogen-bond donors (Lipinski definition) is 2. The van der Waals surface area contributed by atoms with Gasteiger partial charge in [0.05, 0.1) is 19.3 Å². The van der Waals surface area contributed by atoms with E-state index < -0.39 is 5.54 Å². The van der Waals surface area contributed by atoms with Crippen LogP contribution in [0.3, 0.4) is 0 Å². The largest absolute Gasteiger partial charge is 0.394 e. The molecular formula is C12H28N2O2. The van der Waals surface area contributed by atoms with Crippen molar-refractivity contribution in [3.63, 3.8) is 0 Å². The number of likely N-dealkylation sites (N-methyl/N-ethyl adjacent to an activating group) is 1. The highest BCUT2D eigenvalue weighted by Gasteiger charge is 2.22. The number of hydrogen-bond acceptors (Lipinski definition) is 4. The second-order valence-corrected chi connectivity index (χ2v) is 5.27. The summed E-state index contributed by atoms with van der Waals surface area (Å²) in [6, 6.07) is 0.345. The Morgan fingerprint density at radius 3 is 2.38 bits per heavy atom. The predicted molar refractivity (Wildman–Crippen MR) is 67.5 cm³/mol. The van der Waals surface area contributed by atoms with Gasteiger partial charge < -0.3 is 20.5 Å². The topological polar surface area (TPSA) is 58.7 Å². The molecule has 0 aromatic heterocycles. The van der Waals surface area contributed by atoms with Crippen LogP contribution < -0.4 is 5.73 Å². The molecular weight excluding hydrogens is 204 g/mol. The van der Waals surface area contributed by atoms with Gasteiger partial charge in [-0.25, -0.2) is 0 Å². The summed E-state index contributed by atoms with van der Waals surface area (Å²) in [5.41, 5.74) is 5.43. The van der Waals surface area contributed by atoms with Crippen LogP contribution in [-0.4, -0.2) is 54.5 Å². The van der Waals surface area contributed by atoms with Gasteiger partial charge in [0.1, 0.15) is 0 Å². The number of nitrogens with zero attached hydrogens (tertiary/aromatic N) is 1. The molecule has 0 radical (unpaired) electrons. The average Bonchev–Trinajstić information content (AvgIpc) is 2.16. The minimum Gasteiger partial charge on any atom is -0.394 e. The summed E-state index contributed by atoms with van der Waals surface area (Å²) in [5, 5.41) is 9.11. The Hall–Kier alpha value is -0.160. The lowest BCUT2D eigenvalue weighted by atomic mass is 9.95. The van der Waals surface area contributed by atoms with Gasteiger partial charge in [-0.3, -0.25) is 0 Å². The second kappa shape index (κ2) is 7.22. The fraction of sp³-hybridized carbons (Fsp3) is 1.00. The Morgan fingerprint density at radius 1 is 1.38 bits per heavy atom. The van der Waals surface area contributed by atoms with E-state index in [1.807, 2.05) is 20.8 Å². The minimum absolute atomic E-state index is 0.0215. The number of ether oxygens (including phenoxy) is 1. The Bertz CT molecular complexity index is 184. The lowest BCUT2D eigenvalue weighted by Crippen LogP contribution is -2.46. The molecule has 0 saturated heterocycles. The van der Waals surface area contributed by atoms with Crippen LogP contribution in [0.4, 0.5) is 0 Å². The standard InChI is InChI=1S/C12H28N2O2/c1-10(2)16-7-6-14(5)11(3)8-12(4,13)9-15/h10-11,15H,6-9,13H2,1-5H3. The van der Waals surface area contributed by atoms with Crippen LogP contribution in [0.15, 0.2) is 0 Å². The highest BCUT2D eigenvalue weighted by molar-refractivity contribution is 4.82. The quantitative estimate of drug-likeness (QED) is 0.651. The van der Waals surface area contributed by atoms with Gasteiger partial charge in [0.15, 0.2) is 0 Å². The van der Waals surface area contributed by atoms with Gasteiger partial charge in [-0.2, -0.15) is 0 Å². The maximum absolute atomic E-state index is 9.11. The molecule has 3 N–H and O–H groups in total. The van der Waals surface area contributed by atoms with Crippen LogP contribution in [0.1, 0.15) is 34.1 Å². The summed E-state index contributed by atoms with van der Waals surface area (Å²) in [5.74, 6) is 0. The highest BCUT2D eigenvalue weighted by atomic mass is 16.5. The molecule has 0 spiro atoms. The second-order valence-electron chi connectivity index (χ2n) is 5.27. The number of aliphatic hydroxyl groups is 1. The number of rotatable bonds is 8. The first-order valence-corrected chi connectivity index (χ1v) is 6.00. The normalized spacial score (nSPS) is 17.8. The molecule has 16 heavy (non-hydrogen) atoms. The molecule has 0 bridgehead atoms. The van der Waals surface area contributed by atoms with Crippen molar-refractivity contribution in [2.75, 3.05) is 26.8 Å². The Labute approximate surface area is 99.8 Å². The van der Waals surface area contributed by atoms with Crippen molar-refractivity contribution in [2.24, 2.45) is 5.73 Å². The van der Waals surface area contributed by atoms with Crippen molar-refractivity contribution in [1.29, 1.82) is 0 Å². The van der Waals surface area contributed by atoms with Crippen molar-refractivity contribution < 1.29 is 9.84 Å². The molecule has 0 amide bonds. The van der Waals surface area contributed by atoms with Crippen LogP contribution in [0.2, 0.25) is 0 Å². The Morgan fingerprint density at radius 2 is 1.94 bits per heavy atom. The number of aliphatic hydroxyl groups excluding tert-OH is 1. The fourth-order valence-electron chi connectivity index (χ4n) is 1.55. The van der Waals surface area contributed by atoms with Gasteiger partial charge in [-0.15, -0.1) is 0 Å². The summed E-state index contributed by atoms with van der Waals surface area (Å²) >= 11 is 0. The molecule has 4 nitrogen and oxygen atoms in total. The van der Waals surface area contributed by atoms with Gasteiger partial charge in [0, 0.05) is 18.1 Å². The van der Waals surface area contributed by atoms with E-state index in [-0.39, 0.29) is 12.7 Å². The lowest BCUT2D eigenvalue weighted by molar-refractivity contribution is 0.0526. The molecule has 0 aromatic rings. The molecule has 0 aliphatic heterocycles. The summed E-state index contributed by atoms with van der Waals surface area (Å²) in [6.45, 7) is 9.71. The SMILES string of the molecule is CC(C)OCCN(C)C(C)CC(C)(N)CO. The van der Waals surface area contributed by atoms with Gasteiger partial charge in [-0.05, 0) is 41.2 Å². The van der Waals surface area contributed by atoms with Crippen LogP contribution in [0.5, 0.6) is 0 Å². The van der Waals surface area contributed by atoms with E-state index in [9.17, 15) is 0 Å². The summed E-state index contributed by atoms with van der Waals surface area (Å²) in [7, 11) is 2.06. The summed E-state index contributed by atoms with van der Waals surface area (Å²) < 4.78 is 5.50. The zero-order chi connectivity index (χ0) is 12.8. The van der Waals surface area contributed by atoms with Crippen LogP contribution in [0, 0.1) is 0 Å². The molecule has 0 saturated carbocycles. The summed E-state index contributed by atoms with van der Waals surface area (Å²) in [6.07, 6.45) is 1.06. The van der Waals surface area contributed by atoms with Gasteiger partial charge in [0.25, 0.3) is 0 Å². The predicted octanol–water partition coefficient (Wildman–Crippen LogP) is 0.832. The van der Waals surface area contributed by atoms with Crippen molar-refractivity contribution >= 4 is 0 Å². The zero-order valence-corrected chi connectivity index (χ0v) is 11.4. The minimum atomic E-state index is -0.493. The third-order valence-electron chi connectivity index (χ3n) is 2.77. The first-order valence-electron chi connectivity index (χ1n) is 6.00. The van der Waals surface area contributed by atoms with Crippen molar-refractivity contribution in [3.05, 3.63) is 0 Å². The monoisotopic (exact) mass is 232 g/mol. The van der Waals surface area contributed by atoms with E-state index in [1.54, 1.807) is 0 Å². The van der Waals surface area contributed by atoms with Gasteiger partial charge in [0.2, 0.25) is 0 Å². The molecule has 0 fully saturated rings. The van der Waals surface area contributed by atoms with Crippen molar-refractivity contribution in [2.45, 2.75) is 51.8 Å². The maximum atomic E-state index is 9.11. The highest BCUT2D eigenvalue weighted by Crippen LogP contribution is 2.12. The number of nitrogens with two attached hydrogens (primary N) is 1. The molecule has 4 heteroatoms. The average molecular weight is 232 g/mol. The van der Waals surface area contributed by atoms with E-state index in [1.165, 1.54) is 0 Å². The van der Waals surface area contributed by atoms with Crippen LogP contribution >= 0.6 is 0 Å². The van der Waals surface area contributed by atoms with E-state index in [0.29, 0.717) is 6.04 Å². The van der Waals surface area contributed by atoms with Crippen LogP contribution in [-0.2, 0) is 4.74 Å². The van der Waals surface area contributed by atoms with Gasteiger partial charge in [-0.1, -0.05) is 0 Å². The molecule has 0 aliphatic carbocycles. The molecule has 0 aromatic carbocycles. The molecule has 2 atom stereocenters. The Balaban J connectivity index is 3.85. The molecule has 0 rings (SSSR count). The third-order valence-corrected chi connectivity index (χ3v) is 2.77. The maximum Gasteiger partial charge on any atom is 0.0609 e. The lowest BCUT2D eigenvalue weighted by Gasteiger charge is -2.31. The first kappa shape index (κ1) is 15.8. The molecule has 98 valence electrons. The van der Waals surface area contributed by atoms with Crippen LogP contribution in [0.25, 0.3) is 0 Å². The fourth-order valence-corrected chi connectivity index (χ4v) is 1.55. The van der Waals surface area contributed by atoms with Crippen molar-refractivity contribution in [3.8, 4) is 0 Å². The molecule has 0 heterocycles. The van der Waals surface area contributed by atoms with E-state index in [4.69, 9.17) is 15.6 Å². The molecule has 2 unspecified atom stereocenters. The van der Waals surface area contributed by atoms with E-state index >= 15 is 0 Å². The van der Waals surface area contributed by atoms with E-state index in [0.717, 1.165) is 19.6 Å². The van der Waals surface area contributed by atoms with E-state index in [2.05, 4.69) is 18.9 Å². The van der Waals surface area contributed by atoms with Crippen molar-refractivity contribution in [1.82, 2.24) is 4.90 Å². The smallest absolute Gasteiger partial charge is 0.0609 e. The summed E-state index contributed by atoms with van der Waals surface area (Å²) in [4.78, 5) is 2.21. The first-order chi connectivity index (χ1) is 7.28. The Kier molecular flexibility index (Phi) is 7.15. The van der Waals surface area contributed by atoms with Gasteiger partial charge >= 0.3 is 0 Å². The zero-order valence-electron chi connectivity index (χ0n) is 11.4. The molecule has 0 aliphatic rings.